The molecule has 0 aliphatic carbocycles. The van der Waals surface area contributed by atoms with E-state index in [0.29, 0.717) is 11.3 Å². The van der Waals surface area contributed by atoms with Crippen LogP contribution in [0.25, 0.3) is 16.6 Å². The van der Waals surface area contributed by atoms with Crippen molar-refractivity contribution in [3.8, 4) is 0 Å². The molecule has 0 fully saturated rings. The number of alkyl halides is 3. The highest BCUT2D eigenvalue weighted by Gasteiger charge is 2.31. The second-order valence-electron chi connectivity index (χ2n) is 7.25. The molecular formula is C20H17F3N6O2. The predicted molar refractivity (Wildman–Crippen MR) is 107 cm³/mol. The van der Waals surface area contributed by atoms with Gasteiger partial charge in [-0.1, -0.05) is 0 Å². The number of amides is 1. The highest BCUT2D eigenvalue weighted by Crippen LogP contribution is 2.31. The highest BCUT2D eigenvalue weighted by molar-refractivity contribution is 5.92. The van der Waals surface area contributed by atoms with Crippen molar-refractivity contribution in [2.45, 2.75) is 32.5 Å². The van der Waals surface area contributed by atoms with E-state index in [1.165, 1.54) is 15.5 Å². The summed E-state index contributed by atoms with van der Waals surface area (Å²) in [4.78, 5) is 29.4. The minimum atomic E-state index is -4.55. The highest BCUT2D eigenvalue weighted by atomic mass is 19.4. The van der Waals surface area contributed by atoms with Crippen LogP contribution in [0.1, 0.15) is 31.1 Å². The summed E-state index contributed by atoms with van der Waals surface area (Å²) in [5.74, 6) is -0.495. The maximum Gasteiger partial charge on any atom is 0.416 e. The number of carbonyl (C=O) groups excluding carboxylic acids is 1. The molecule has 4 aromatic rings. The fourth-order valence-corrected chi connectivity index (χ4v) is 3.23. The zero-order chi connectivity index (χ0) is 22.3. The van der Waals surface area contributed by atoms with Crippen LogP contribution in [-0.2, 0) is 17.4 Å². The molecular weight excluding hydrogens is 413 g/mol. The summed E-state index contributed by atoms with van der Waals surface area (Å²) in [5.41, 5.74) is -0.391. The maximum atomic E-state index is 13.1. The van der Waals surface area contributed by atoms with Gasteiger partial charge < -0.3 is 5.32 Å². The lowest BCUT2D eigenvalue weighted by molar-refractivity contribution is -0.137. The predicted octanol–water partition coefficient (Wildman–Crippen LogP) is 3.22. The van der Waals surface area contributed by atoms with Gasteiger partial charge in [-0.3, -0.25) is 14.3 Å². The van der Waals surface area contributed by atoms with Gasteiger partial charge in [0.05, 0.1) is 29.4 Å². The van der Waals surface area contributed by atoms with Gasteiger partial charge in [0.2, 0.25) is 11.3 Å². The Morgan fingerprint density at radius 2 is 1.97 bits per heavy atom. The molecule has 0 atom stereocenters. The van der Waals surface area contributed by atoms with Gasteiger partial charge in [0.25, 0.3) is 0 Å². The number of nitrogens with one attached hydrogen (secondary N) is 1. The molecule has 0 bridgehead atoms. The van der Waals surface area contributed by atoms with E-state index in [4.69, 9.17) is 0 Å². The lowest BCUT2D eigenvalue weighted by Gasteiger charge is -2.16. The number of rotatable bonds is 4. The van der Waals surface area contributed by atoms with Gasteiger partial charge in [-0.15, -0.1) is 0 Å². The van der Waals surface area contributed by atoms with Gasteiger partial charge in [0.1, 0.15) is 12.0 Å². The van der Waals surface area contributed by atoms with Crippen molar-refractivity contribution >= 4 is 28.1 Å². The first-order valence-electron chi connectivity index (χ1n) is 9.35. The minimum absolute atomic E-state index is 0.0553. The van der Waals surface area contributed by atoms with E-state index in [1.807, 2.05) is 0 Å². The summed E-state index contributed by atoms with van der Waals surface area (Å²) in [7, 11) is 0. The molecule has 1 N–H and O–H groups in total. The number of hydrogen-bond donors (Lipinski definition) is 1. The monoisotopic (exact) mass is 430 g/mol. The fraction of sp³-hybridized carbons (Fsp3) is 0.250. The fourth-order valence-electron chi connectivity index (χ4n) is 3.23. The van der Waals surface area contributed by atoms with Gasteiger partial charge in [-0.05, 0) is 44.2 Å². The minimum Gasteiger partial charge on any atom is -0.324 e. The number of halogens is 3. The Morgan fingerprint density at radius 3 is 2.68 bits per heavy atom. The molecule has 0 aliphatic heterocycles. The van der Waals surface area contributed by atoms with Crippen LogP contribution < -0.4 is 10.7 Å². The van der Waals surface area contributed by atoms with Crippen LogP contribution in [0.15, 0.2) is 47.7 Å². The Labute approximate surface area is 173 Å². The van der Waals surface area contributed by atoms with E-state index in [1.54, 1.807) is 32.2 Å². The number of benzene rings is 1. The van der Waals surface area contributed by atoms with Crippen LogP contribution in [0.4, 0.5) is 18.9 Å². The first kappa shape index (κ1) is 20.5. The van der Waals surface area contributed by atoms with Crippen molar-refractivity contribution < 1.29 is 18.0 Å². The number of pyridine rings is 1. The quantitative estimate of drug-likeness (QED) is 0.537. The molecule has 4 rings (SSSR count). The number of nitrogens with zero attached hydrogens (tertiary/aromatic N) is 5. The van der Waals surface area contributed by atoms with Crippen molar-refractivity contribution in [1.29, 1.82) is 0 Å². The molecule has 1 aromatic carbocycles. The van der Waals surface area contributed by atoms with Crippen molar-refractivity contribution in [2.75, 3.05) is 5.32 Å². The van der Waals surface area contributed by atoms with Crippen LogP contribution in [-0.4, -0.2) is 30.3 Å². The van der Waals surface area contributed by atoms with Crippen molar-refractivity contribution in [2.24, 2.45) is 0 Å². The normalized spacial score (nSPS) is 12.1. The molecule has 0 spiro atoms. The standard InChI is InChI=1S/C20H17F3N6O2/c1-11(2)29-16-7-12(20(21,22)23)3-5-14(16)19(31)15(27-29)8-18(30)26-13-4-6-17-24-10-25-28(17)9-13/h3-7,9-11H,8H2,1-2H3,(H,26,30). The second-order valence-corrected chi connectivity index (χ2v) is 7.25. The van der Waals surface area contributed by atoms with Gasteiger partial charge in [-0.2, -0.15) is 23.4 Å². The first-order chi connectivity index (χ1) is 14.6. The molecule has 11 heteroatoms. The molecule has 0 radical (unpaired) electrons. The SMILES string of the molecule is CC(C)n1nc(CC(=O)Nc2ccc3ncnn3c2)c(=O)c2ccc(C(F)(F)F)cc21. The summed E-state index contributed by atoms with van der Waals surface area (Å²) >= 11 is 0. The van der Waals surface area contributed by atoms with Gasteiger partial charge >= 0.3 is 6.18 Å². The van der Waals surface area contributed by atoms with Crippen LogP contribution >= 0.6 is 0 Å². The molecule has 0 saturated carbocycles. The molecule has 0 aliphatic rings. The largest absolute Gasteiger partial charge is 0.416 e. The summed E-state index contributed by atoms with van der Waals surface area (Å²) in [5, 5.41) is 10.9. The van der Waals surface area contributed by atoms with E-state index >= 15 is 0 Å². The van der Waals surface area contributed by atoms with Crippen LogP contribution in [0, 0.1) is 0 Å². The van der Waals surface area contributed by atoms with Crippen LogP contribution in [0.3, 0.4) is 0 Å². The van der Waals surface area contributed by atoms with Gasteiger partial charge in [0, 0.05) is 11.4 Å². The number of fused-ring (bicyclic) bond motifs is 2. The Kier molecular flexibility index (Phi) is 4.96. The number of aromatic nitrogens is 5. The van der Waals surface area contributed by atoms with E-state index in [0.717, 1.165) is 18.2 Å². The first-order valence-corrected chi connectivity index (χ1v) is 9.35. The van der Waals surface area contributed by atoms with E-state index in [9.17, 15) is 22.8 Å². The zero-order valence-electron chi connectivity index (χ0n) is 16.5. The number of carbonyl (C=O) groups is 1. The summed E-state index contributed by atoms with van der Waals surface area (Å²) < 4.78 is 42.1. The van der Waals surface area contributed by atoms with Crippen molar-refractivity contribution in [1.82, 2.24) is 24.4 Å². The Hall–Kier alpha value is -3.76. The third-order valence-corrected chi connectivity index (χ3v) is 4.68. The Balaban J connectivity index is 1.68. The molecule has 160 valence electrons. The van der Waals surface area contributed by atoms with Gasteiger partial charge in [0.15, 0.2) is 5.65 Å². The topological polar surface area (TPSA) is 94.2 Å². The third-order valence-electron chi connectivity index (χ3n) is 4.68. The summed E-state index contributed by atoms with van der Waals surface area (Å²) in [6.45, 7) is 3.46. The average molecular weight is 430 g/mol. The summed E-state index contributed by atoms with van der Waals surface area (Å²) in [6, 6.07) is 5.86. The molecule has 1 amide bonds. The van der Waals surface area contributed by atoms with Crippen molar-refractivity contribution in [3.05, 3.63) is 64.3 Å². The van der Waals surface area contributed by atoms with E-state index in [-0.39, 0.29) is 29.1 Å². The molecule has 3 heterocycles. The maximum absolute atomic E-state index is 13.1. The lowest BCUT2D eigenvalue weighted by atomic mass is 10.1. The summed E-state index contributed by atoms with van der Waals surface area (Å²) in [6.07, 6.45) is -1.94. The van der Waals surface area contributed by atoms with Crippen LogP contribution in [0.2, 0.25) is 0 Å². The molecule has 3 aromatic heterocycles. The third kappa shape index (κ3) is 3.98. The van der Waals surface area contributed by atoms with Crippen molar-refractivity contribution in [3.63, 3.8) is 0 Å². The van der Waals surface area contributed by atoms with Crippen LogP contribution in [0.5, 0.6) is 0 Å². The lowest BCUT2D eigenvalue weighted by Crippen LogP contribution is -2.25. The van der Waals surface area contributed by atoms with E-state index in [2.05, 4.69) is 20.5 Å². The average Bonchev–Trinajstić information content (AvgIpc) is 3.16. The number of hydrogen-bond acceptors (Lipinski definition) is 5. The van der Waals surface area contributed by atoms with Gasteiger partial charge in [-0.25, -0.2) is 9.50 Å². The molecule has 31 heavy (non-hydrogen) atoms. The molecule has 0 saturated heterocycles. The smallest absolute Gasteiger partial charge is 0.324 e. The zero-order valence-corrected chi connectivity index (χ0v) is 16.5. The molecule has 0 unspecified atom stereocenters. The Bertz CT molecular complexity index is 1360. The van der Waals surface area contributed by atoms with E-state index < -0.39 is 23.1 Å². The Morgan fingerprint density at radius 1 is 1.19 bits per heavy atom. The second kappa shape index (κ2) is 7.49. The molecule has 8 nitrogen and oxygen atoms in total. The number of anilines is 1.